The molecule has 3 N–H and O–H groups in total. The van der Waals surface area contributed by atoms with E-state index in [0.717, 1.165) is 42.7 Å². The lowest BCUT2D eigenvalue weighted by Gasteiger charge is -2.38. The Bertz CT molecular complexity index is 1700. The van der Waals surface area contributed by atoms with Gasteiger partial charge in [0.1, 0.15) is 10.7 Å². The summed E-state index contributed by atoms with van der Waals surface area (Å²) in [4.78, 5) is 86.1. The van der Waals surface area contributed by atoms with Crippen molar-refractivity contribution in [3.8, 4) is 0 Å². The van der Waals surface area contributed by atoms with Gasteiger partial charge in [0.2, 0.25) is 5.91 Å². The second-order valence-electron chi connectivity index (χ2n) is 16.0. The lowest BCUT2D eigenvalue weighted by Crippen LogP contribution is -2.50. The van der Waals surface area contributed by atoms with Gasteiger partial charge in [0.25, 0.3) is 5.91 Å². The summed E-state index contributed by atoms with van der Waals surface area (Å²) in [5, 5.41) is 17.2. The number of ether oxygens (including phenoxy) is 2. The number of ketones is 1. The molecule has 0 unspecified atom stereocenters. The Morgan fingerprint density at radius 1 is 1.05 bits per heavy atom. The zero-order chi connectivity index (χ0) is 42.6. The van der Waals surface area contributed by atoms with Crippen LogP contribution in [-0.4, -0.2) is 100 Å². The van der Waals surface area contributed by atoms with E-state index in [-0.39, 0.29) is 55.1 Å². The van der Waals surface area contributed by atoms with Crippen LogP contribution in [0.2, 0.25) is 0 Å². The third-order valence-electron chi connectivity index (χ3n) is 11.4. The summed E-state index contributed by atoms with van der Waals surface area (Å²) in [6.45, 7) is 15.6. The van der Waals surface area contributed by atoms with Crippen molar-refractivity contribution >= 4 is 52.7 Å². The van der Waals surface area contributed by atoms with Crippen molar-refractivity contribution in [1.82, 2.24) is 20.1 Å². The predicted molar refractivity (Wildman–Crippen MR) is 219 cm³/mol. The Morgan fingerprint density at radius 3 is 2.26 bits per heavy atom. The number of likely N-dealkylation sites (tertiary alicyclic amines) is 1. The van der Waals surface area contributed by atoms with E-state index in [4.69, 9.17) is 9.47 Å². The molecule has 0 saturated carbocycles. The van der Waals surface area contributed by atoms with E-state index in [1.165, 1.54) is 6.92 Å². The van der Waals surface area contributed by atoms with E-state index < -0.39 is 59.5 Å². The number of anilines is 1. The maximum Gasteiger partial charge on any atom is 0.411 e. The van der Waals surface area contributed by atoms with Crippen molar-refractivity contribution in [3.63, 3.8) is 0 Å². The van der Waals surface area contributed by atoms with Crippen molar-refractivity contribution in [2.75, 3.05) is 32.6 Å². The summed E-state index contributed by atoms with van der Waals surface area (Å²) in [6, 6.07) is 5.98. The minimum absolute atomic E-state index is 0.0358. The lowest BCUT2D eigenvalue weighted by molar-refractivity contribution is -0.150. The fraction of sp³-hybridized carbons (Fsp3) is 0.643. The van der Waals surface area contributed by atoms with Crippen LogP contribution in [0.25, 0.3) is 0 Å². The number of thiazole rings is 1. The zero-order valence-corrected chi connectivity index (χ0v) is 36.1. The second kappa shape index (κ2) is 21.4. The fourth-order valence-electron chi connectivity index (χ4n) is 7.42. The van der Waals surface area contributed by atoms with Crippen LogP contribution in [0.4, 0.5) is 10.5 Å². The average molecular weight is 814 g/mol. The van der Waals surface area contributed by atoms with Gasteiger partial charge < -0.3 is 24.8 Å². The van der Waals surface area contributed by atoms with Gasteiger partial charge in [-0.3, -0.25) is 34.2 Å². The molecular weight excluding hydrogens is 751 g/mol. The monoisotopic (exact) mass is 813 g/mol. The fourth-order valence-corrected chi connectivity index (χ4v) is 8.26. The summed E-state index contributed by atoms with van der Waals surface area (Å²) in [5.74, 6) is -3.47. The molecular formula is C42H63N5O9S. The van der Waals surface area contributed by atoms with E-state index in [1.807, 2.05) is 41.7 Å². The third-order valence-corrected chi connectivity index (χ3v) is 12.4. The van der Waals surface area contributed by atoms with Gasteiger partial charge in [-0.25, -0.2) is 9.78 Å². The largest absolute Gasteiger partial charge is 0.481 e. The molecule has 1 aromatic carbocycles. The Labute approximate surface area is 341 Å². The van der Waals surface area contributed by atoms with Crippen LogP contribution in [0, 0.1) is 23.7 Å². The summed E-state index contributed by atoms with van der Waals surface area (Å²) in [6.07, 6.45) is 1.81. The highest BCUT2D eigenvalue weighted by atomic mass is 32.1. The SMILES string of the molecule is CCOC(=O)Nc1ccc(C[C@@H](C[C@H](C)C(=O)O)NC(=O)c2csc([C@@H](C[C@H](C(C)C)N(C)C(=O)[C@@H](CC(=O)[C@@]3(C)CCCN3C)[C@@H](C)CC)OC(C)=O)n2)cc1. The smallest absolute Gasteiger partial charge is 0.411 e. The summed E-state index contributed by atoms with van der Waals surface area (Å²) >= 11 is 1.16. The lowest BCUT2D eigenvalue weighted by atomic mass is 9.80. The van der Waals surface area contributed by atoms with Gasteiger partial charge in [-0.2, -0.15) is 0 Å². The van der Waals surface area contributed by atoms with Crippen LogP contribution in [0.5, 0.6) is 0 Å². The summed E-state index contributed by atoms with van der Waals surface area (Å²) < 4.78 is 10.7. The van der Waals surface area contributed by atoms with Crippen molar-refractivity contribution in [3.05, 3.63) is 45.9 Å². The van der Waals surface area contributed by atoms with Crippen LogP contribution in [0.3, 0.4) is 0 Å². The number of nitrogens with zero attached hydrogens (tertiary/aromatic N) is 3. The van der Waals surface area contributed by atoms with Crippen LogP contribution in [0.15, 0.2) is 29.6 Å². The van der Waals surface area contributed by atoms with Gasteiger partial charge in [0.05, 0.1) is 18.1 Å². The minimum Gasteiger partial charge on any atom is -0.481 e. The first kappa shape index (κ1) is 47.0. The molecule has 0 aliphatic carbocycles. The number of likely N-dealkylation sites (N-methyl/N-ethyl adjacent to an activating group) is 1. The molecule has 0 spiro atoms. The topological polar surface area (TPSA) is 185 Å². The highest BCUT2D eigenvalue weighted by Gasteiger charge is 2.44. The predicted octanol–water partition coefficient (Wildman–Crippen LogP) is 6.75. The van der Waals surface area contributed by atoms with E-state index >= 15 is 0 Å². The van der Waals surface area contributed by atoms with Crippen molar-refractivity contribution < 1.29 is 43.3 Å². The van der Waals surface area contributed by atoms with Crippen molar-refractivity contribution in [1.29, 1.82) is 0 Å². The van der Waals surface area contributed by atoms with E-state index in [2.05, 4.69) is 20.5 Å². The van der Waals surface area contributed by atoms with Gasteiger partial charge in [-0.1, -0.05) is 53.2 Å². The molecule has 3 amide bonds. The number of carbonyl (C=O) groups excluding carboxylic acids is 5. The van der Waals surface area contributed by atoms with Crippen molar-refractivity contribution in [2.24, 2.45) is 23.7 Å². The molecule has 15 heteroatoms. The number of carboxylic acids is 1. The maximum atomic E-state index is 14.3. The molecule has 1 fully saturated rings. The number of benzene rings is 1. The second-order valence-corrected chi connectivity index (χ2v) is 16.9. The first-order valence-corrected chi connectivity index (χ1v) is 20.9. The molecule has 1 aliphatic heterocycles. The molecule has 0 bridgehead atoms. The van der Waals surface area contributed by atoms with Gasteiger partial charge in [-0.15, -0.1) is 11.3 Å². The van der Waals surface area contributed by atoms with Gasteiger partial charge in [-0.05, 0) is 82.7 Å². The quantitative estimate of drug-likeness (QED) is 0.113. The van der Waals surface area contributed by atoms with Crippen molar-refractivity contribution in [2.45, 2.75) is 124 Å². The standard InChI is InChI=1S/C42H63N5O9S/c1-11-26(5)32(22-36(49)42(8)18-13-19-46(42)9)39(51)47(10)34(25(3)4)23-35(56-28(7)48)38-45-33(24-57-38)37(50)43-31(20-27(6)40(52)53)21-29-14-16-30(17-15-29)44-41(54)55-12-2/h14-17,24-27,31-32,34-35H,11-13,18-23H2,1-10H3,(H,43,50)(H,44,54)(H,52,53)/t26-,27-,31+,32-,34+,35+,42+/m0/s1. The third kappa shape index (κ3) is 13.1. The molecule has 57 heavy (non-hydrogen) atoms. The molecule has 0 radical (unpaired) electrons. The average Bonchev–Trinajstić information content (AvgIpc) is 3.79. The number of nitrogens with one attached hydrogen (secondary N) is 2. The number of aliphatic carboxylic acids is 1. The molecule has 3 rings (SSSR count). The minimum atomic E-state index is -0.996. The van der Waals surface area contributed by atoms with Gasteiger partial charge in [0, 0.05) is 55.9 Å². The molecule has 1 aliphatic rings. The number of rotatable bonds is 21. The Balaban J connectivity index is 1.82. The highest BCUT2D eigenvalue weighted by molar-refractivity contribution is 7.09. The molecule has 2 aromatic rings. The number of hydrogen-bond donors (Lipinski definition) is 3. The molecule has 1 aromatic heterocycles. The molecule has 14 nitrogen and oxygen atoms in total. The normalized spacial score (nSPS) is 18.8. The number of esters is 1. The number of aromatic nitrogens is 1. The molecule has 7 atom stereocenters. The maximum absolute atomic E-state index is 14.3. The number of Topliss-reactive ketones (excluding diaryl/α,β-unsaturated/α-hetero) is 1. The molecule has 1 saturated heterocycles. The van der Waals surface area contributed by atoms with Crippen LogP contribution in [0.1, 0.15) is 121 Å². The summed E-state index contributed by atoms with van der Waals surface area (Å²) in [5.41, 5.74) is 0.818. The van der Waals surface area contributed by atoms with Crippen LogP contribution in [-0.2, 0) is 35.1 Å². The zero-order valence-electron chi connectivity index (χ0n) is 35.3. The Hall–Kier alpha value is -4.37. The highest BCUT2D eigenvalue weighted by Crippen LogP contribution is 2.35. The van der Waals surface area contributed by atoms with Gasteiger partial charge >= 0.3 is 18.0 Å². The van der Waals surface area contributed by atoms with Crippen LogP contribution < -0.4 is 10.6 Å². The number of carboxylic acid groups (broad SMARTS) is 1. The van der Waals surface area contributed by atoms with E-state index in [9.17, 15) is 33.9 Å². The Kier molecular flexibility index (Phi) is 17.7. The number of amides is 3. The van der Waals surface area contributed by atoms with E-state index in [0.29, 0.717) is 17.1 Å². The first-order chi connectivity index (χ1) is 26.8. The number of carbonyl (C=O) groups is 6. The van der Waals surface area contributed by atoms with E-state index in [1.54, 1.807) is 55.4 Å². The van der Waals surface area contributed by atoms with Crippen LogP contribution >= 0.6 is 11.3 Å². The van der Waals surface area contributed by atoms with Gasteiger partial charge in [0.15, 0.2) is 11.9 Å². The first-order valence-electron chi connectivity index (χ1n) is 20.0. The summed E-state index contributed by atoms with van der Waals surface area (Å²) in [7, 11) is 3.70. The molecule has 316 valence electrons. The Morgan fingerprint density at radius 2 is 1.72 bits per heavy atom. The number of hydrogen-bond acceptors (Lipinski definition) is 11. The molecule has 2 heterocycles.